The summed E-state index contributed by atoms with van der Waals surface area (Å²) in [6.07, 6.45) is 2.75. The molecule has 1 saturated heterocycles. The van der Waals surface area contributed by atoms with E-state index in [1.54, 1.807) is 23.3 Å². The number of aromatic nitrogens is 1. The summed E-state index contributed by atoms with van der Waals surface area (Å²) in [5.41, 5.74) is 5.62. The predicted octanol–water partition coefficient (Wildman–Crippen LogP) is 5.66. The first-order chi connectivity index (χ1) is 19.7. The zero-order chi connectivity index (χ0) is 29.1. The van der Waals surface area contributed by atoms with Crippen LogP contribution in [0.4, 0.5) is 5.13 Å². The van der Waals surface area contributed by atoms with E-state index in [0.29, 0.717) is 25.3 Å². The van der Waals surface area contributed by atoms with Crippen LogP contribution in [0.1, 0.15) is 46.3 Å². The molecule has 2 bridgehead atoms. The lowest BCUT2D eigenvalue weighted by molar-refractivity contribution is -0.144. The number of rotatable bonds is 11. The molecule has 41 heavy (non-hydrogen) atoms. The van der Waals surface area contributed by atoms with Gasteiger partial charge >= 0.3 is 5.97 Å². The summed E-state index contributed by atoms with van der Waals surface area (Å²) in [6.45, 7) is 7.21. The number of fused-ring (bicyclic) bond motifs is 2. The molecule has 9 heteroatoms. The van der Waals surface area contributed by atoms with Crippen molar-refractivity contribution in [1.82, 2.24) is 9.88 Å². The van der Waals surface area contributed by atoms with Crippen LogP contribution in [-0.4, -0.2) is 67.3 Å². The van der Waals surface area contributed by atoms with Gasteiger partial charge in [-0.3, -0.25) is 9.59 Å². The Hall–Kier alpha value is -3.43. The van der Waals surface area contributed by atoms with Crippen molar-refractivity contribution in [2.24, 2.45) is 17.8 Å². The first kappa shape index (κ1) is 29.1. The average molecular weight is 578 g/mol. The summed E-state index contributed by atoms with van der Waals surface area (Å²) in [4.78, 5) is 33.6. The van der Waals surface area contributed by atoms with E-state index in [0.717, 1.165) is 71.2 Å². The van der Waals surface area contributed by atoms with Gasteiger partial charge in [0.05, 0.1) is 11.6 Å². The van der Waals surface area contributed by atoms with Gasteiger partial charge in [-0.1, -0.05) is 17.7 Å². The smallest absolute Gasteiger partial charge is 0.307 e. The molecule has 0 radical (unpaired) electrons. The molecule has 1 amide bonds. The summed E-state index contributed by atoms with van der Waals surface area (Å²) in [5, 5.41) is 12.7. The third-order valence-corrected chi connectivity index (χ3v) is 9.36. The molecular formula is C32H39N3O5S. The van der Waals surface area contributed by atoms with Gasteiger partial charge in [-0.05, 0) is 80.3 Å². The summed E-state index contributed by atoms with van der Waals surface area (Å²) < 4.78 is 11.4. The maximum atomic E-state index is 12.8. The van der Waals surface area contributed by atoms with Gasteiger partial charge in [0.25, 0.3) is 5.91 Å². The number of hydrogen-bond donors (Lipinski definition) is 1. The molecule has 2 aliphatic rings. The number of nitrogens with zero attached hydrogens (tertiary/aromatic N) is 3. The van der Waals surface area contributed by atoms with Crippen LogP contribution in [0.15, 0.2) is 41.8 Å². The van der Waals surface area contributed by atoms with E-state index in [1.807, 2.05) is 44.3 Å². The molecule has 0 spiro atoms. The van der Waals surface area contributed by atoms with Crippen LogP contribution >= 0.6 is 11.3 Å². The summed E-state index contributed by atoms with van der Waals surface area (Å²) >= 11 is 1.61. The van der Waals surface area contributed by atoms with Gasteiger partial charge < -0.3 is 24.4 Å². The molecule has 1 saturated carbocycles. The molecule has 8 nitrogen and oxygen atoms in total. The monoisotopic (exact) mass is 577 g/mol. The first-order valence-corrected chi connectivity index (χ1v) is 15.1. The van der Waals surface area contributed by atoms with Crippen molar-refractivity contribution >= 4 is 28.3 Å². The number of benzene rings is 2. The fourth-order valence-electron chi connectivity index (χ4n) is 6.20. The van der Waals surface area contributed by atoms with E-state index >= 15 is 0 Å². The number of carboxylic acid groups (broad SMARTS) is 1. The van der Waals surface area contributed by atoms with E-state index in [-0.39, 0.29) is 23.7 Å². The molecule has 1 aliphatic carbocycles. The molecule has 3 aromatic rings. The number of thiazole rings is 1. The molecule has 1 aliphatic heterocycles. The topological polar surface area (TPSA) is 92.2 Å². The second-order valence-corrected chi connectivity index (χ2v) is 12.2. The van der Waals surface area contributed by atoms with Crippen molar-refractivity contribution in [2.45, 2.75) is 39.7 Å². The number of aliphatic carboxylic acids is 1. The number of aryl methyl sites for hydroxylation is 2. The Balaban J connectivity index is 1.27. The highest BCUT2D eigenvalue weighted by Crippen LogP contribution is 2.44. The van der Waals surface area contributed by atoms with E-state index in [4.69, 9.17) is 14.5 Å². The minimum Gasteiger partial charge on any atom is -0.488 e. The third-order valence-electron chi connectivity index (χ3n) is 8.45. The standard InChI is InChI=1S/C32H39N3O5S/c1-20-6-11-28(40-18-25-10-7-22(15-21(25)2)30(36)34(3)12-5-13-39-4)26(14-20)27-19-41-32(33-27)35-16-23-8-9-24(17-35)29(23)31(37)38/h6-7,10-11,14-15,19,23-24,29H,5,8-9,12-13,16-18H2,1-4H3,(H,37,38)/t23-,24+,29?. The zero-order valence-corrected chi connectivity index (χ0v) is 25.1. The quantitative estimate of drug-likeness (QED) is 0.294. The van der Waals surface area contributed by atoms with Crippen molar-refractivity contribution in [2.75, 3.05) is 45.3 Å². The number of amides is 1. The molecule has 1 N–H and O–H groups in total. The predicted molar refractivity (Wildman–Crippen MR) is 161 cm³/mol. The first-order valence-electron chi connectivity index (χ1n) is 14.3. The van der Waals surface area contributed by atoms with Crippen LogP contribution < -0.4 is 9.64 Å². The van der Waals surface area contributed by atoms with Crippen molar-refractivity contribution in [3.8, 4) is 17.0 Å². The number of carbonyl (C=O) groups excluding carboxylic acids is 1. The largest absolute Gasteiger partial charge is 0.488 e. The second kappa shape index (κ2) is 12.6. The lowest BCUT2D eigenvalue weighted by Gasteiger charge is -2.35. The Kier molecular flexibility index (Phi) is 8.94. The van der Waals surface area contributed by atoms with Gasteiger partial charge in [-0.2, -0.15) is 0 Å². The van der Waals surface area contributed by atoms with Crippen LogP contribution in [0.3, 0.4) is 0 Å². The zero-order valence-electron chi connectivity index (χ0n) is 24.3. The number of carbonyl (C=O) groups is 2. The van der Waals surface area contributed by atoms with Crippen molar-refractivity contribution in [3.63, 3.8) is 0 Å². The van der Waals surface area contributed by atoms with Crippen molar-refractivity contribution in [1.29, 1.82) is 0 Å². The summed E-state index contributed by atoms with van der Waals surface area (Å²) in [5.74, 6) is 0.265. The van der Waals surface area contributed by atoms with Crippen molar-refractivity contribution in [3.05, 3.63) is 64.0 Å². The summed E-state index contributed by atoms with van der Waals surface area (Å²) in [7, 11) is 3.48. The van der Waals surface area contributed by atoms with E-state index in [1.165, 1.54) is 0 Å². The molecule has 3 atom stereocenters. The van der Waals surface area contributed by atoms with Gasteiger partial charge in [0, 0.05) is 56.9 Å². The van der Waals surface area contributed by atoms with Crippen molar-refractivity contribution < 1.29 is 24.2 Å². The molecule has 2 aromatic carbocycles. The fraction of sp³-hybridized carbons (Fsp3) is 0.469. The minimum atomic E-state index is -0.653. The number of ether oxygens (including phenoxy) is 2. The number of methoxy groups -OCH3 is 1. The third kappa shape index (κ3) is 6.41. The molecule has 2 fully saturated rings. The van der Waals surface area contributed by atoms with Crippen LogP contribution in [0.5, 0.6) is 5.75 Å². The Morgan fingerprint density at radius 1 is 1.12 bits per heavy atom. The molecule has 218 valence electrons. The Labute approximate surface area is 245 Å². The average Bonchev–Trinajstić information content (AvgIpc) is 3.55. The highest BCUT2D eigenvalue weighted by Gasteiger charge is 2.46. The van der Waals surface area contributed by atoms with Crippen LogP contribution in [-0.2, 0) is 16.1 Å². The number of hydrogen-bond acceptors (Lipinski definition) is 7. The lowest BCUT2D eigenvalue weighted by atomic mass is 9.85. The van der Waals surface area contributed by atoms with Crippen LogP contribution in [0.2, 0.25) is 0 Å². The maximum absolute atomic E-state index is 12.8. The minimum absolute atomic E-state index is 0.00276. The Morgan fingerprint density at radius 3 is 2.56 bits per heavy atom. The van der Waals surface area contributed by atoms with Gasteiger partial charge in [-0.15, -0.1) is 11.3 Å². The van der Waals surface area contributed by atoms with Crippen LogP contribution in [0, 0.1) is 31.6 Å². The van der Waals surface area contributed by atoms with E-state index in [9.17, 15) is 14.7 Å². The highest BCUT2D eigenvalue weighted by atomic mass is 32.1. The number of piperidine rings is 1. The lowest BCUT2D eigenvalue weighted by Crippen LogP contribution is -2.44. The van der Waals surface area contributed by atoms with E-state index in [2.05, 4.69) is 23.3 Å². The second-order valence-electron chi connectivity index (χ2n) is 11.4. The molecule has 2 heterocycles. The van der Waals surface area contributed by atoms with Gasteiger partial charge in [0.1, 0.15) is 12.4 Å². The summed E-state index contributed by atoms with van der Waals surface area (Å²) in [6, 6.07) is 11.9. The number of anilines is 1. The Morgan fingerprint density at radius 2 is 1.88 bits per heavy atom. The highest BCUT2D eigenvalue weighted by molar-refractivity contribution is 7.14. The molecule has 5 rings (SSSR count). The SMILES string of the molecule is COCCCN(C)C(=O)c1ccc(COc2ccc(C)cc2-c2csc(N3C[C@H]4CC[C@@H](C3)C4C(=O)O)n2)c(C)c1. The van der Waals surface area contributed by atoms with Gasteiger partial charge in [-0.25, -0.2) is 4.98 Å². The van der Waals surface area contributed by atoms with E-state index < -0.39 is 5.97 Å². The fourth-order valence-corrected chi connectivity index (χ4v) is 7.05. The van der Waals surface area contributed by atoms with Gasteiger partial charge in [0.15, 0.2) is 5.13 Å². The Bertz CT molecular complexity index is 1390. The maximum Gasteiger partial charge on any atom is 0.307 e. The molecular weight excluding hydrogens is 538 g/mol. The van der Waals surface area contributed by atoms with Gasteiger partial charge in [0.2, 0.25) is 0 Å². The molecule has 1 unspecified atom stereocenters. The molecule has 1 aromatic heterocycles. The normalized spacial score (nSPS) is 19.8. The van der Waals surface area contributed by atoms with Crippen LogP contribution in [0.25, 0.3) is 11.3 Å². The number of carboxylic acids is 1.